The van der Waals surface area contributed by atoms with Crippen LogP contribution >= 0.6 is 0 Å². The van der Waals surface area contributed by atoms with Crippen molar-refractivity contribution >= 4 is 6.03 Å². The second-order valence-corrected chi connectivity index (χ2v) is 6.42. The molecule has 0 saturated heterocycles. The summed E-state index contributed by atoms with van der Waals surface area (Å²) in [5, 5.41) is 5.87. The third-order valence-corrected chi connectivity index (χ3v) is 4.11. The summed E-state index contributed by atoms with van der Waals surface area (Å²) in [5.41, 5.74) is 2.17. The first kappa shape index (κ1) is 19.8. The lowest BCUT2D eigenvalue weighted by Crippen LogP contribution is -2.40. The minimum absolute atomic E-state index is 0.101. The maximum Gasteiger partial charge on any atom is 0.315 e. The predicted molar refractivity (Wildman–Crippen MR) is 104 cm³/mol. The minimum Gasteiger partial charge on any atom is -0.477 e. The molecule has 1 atom stereocenters. The van der Waals surface area contributed by atoms with Crippen LogP contribution in [0.3, 0.4) is 0 Å². The van der Waals surface area contributed by atoms with Gasteiger partial charge < -0.3 is 15.4 Å². The molecule has 0 aliphatic heterocycles. The molecule has 5 heteroatoms. The van der Waals surface area contributed by atoms with Crippen LogP contribution in [0.5, 0.6) is 5.88 Å². The van der Waals surface area contributed by atoms with Gasteiger partial charge >= 0.3 is 6.03 Å². The largest absolute Gasteiger partial charge is 0.477 e. The van der Waals surface area contributed by atoms with Crippen LogP contribution in [0, 0.1) is 0 Å². The van der Waals surface area contributed by atoms with Gasteiger partial charge in [-0.1, -0.05) is 49.7 Å². The highest BCUT2D eigenvalue weighted by atomic mass is 16.5. The number of nitrogens with zero attached hydrogens (tertiary/aromatic N) is 1. The Morgan fingerprint density at radius 1 is 1.19 bits per heavy atom. The van der Waals surface area contributed by atoms with Crippen molar-refractivity contribution in [2.24, 2.45) is 0 Å². The van der Waals surface area contributed by atoms with Gasteiger partial charge in [-0.3, -0.25) is 0 Å². The molecule has 26 heavy (non-hydrogen) atoms. The SMILES string of the molecule is CCCCOc1ncccc1CNC(=O)NC(C)CCc1ccccc1. The van der Waals surface area contributed by atoms with Crippen molar-refractivity contribution in [2.45, 2.75) is 52.1 Å². The Morgan fingerprint density at radius 3 is 2.77 bits per heavy atom. The zero-order chi connectivity index (χ0) is 18.6. The van der Waals surface area contributed by atoms with Gasteiger partial charge in [-0.25, -0.2) is 9.78 Å². The van der Waals surface area contributed by atoms with Crippen molar-refractivity contribution in [3.8, 4) is 5.88 Å². The van der Waals surface area contributed by atoms with E-state index >= 15 is 0 Å². The number of benzene rings is 1. The number of hydrogen-bond acceptors (Lipinski definition) is 3. The molecule has 0 aliphatic rings. The van der Waals surface area contributed by atoms with Gasteiger partial charge in [0.1, 0.15) is 0 Å². The number of urea groups is 1. The van der Waals surface area contributed by atoms with E-state index in [1.165, 1.54) is 5.56 Å². The van der Waals surface area contributed by atoms with Crippen molar-refractivity contribution < 1.29 is 9.53 Å². The molecule has 5 nitrogen and oxygen atoms in total. The van der Waals surface area contributed by atoms with Crippen molar-refractivity contribution in [2.75, 3.05) is 6.61 Å². The Kier molecular flexibility index (Phi) is 8.46. The smallest absolute Gasteiger partial charge is 0.315 e. The number of hydrogen-bond donors (Lipinski definition) is 2. The van der Waals surface area contributed by atoms with Gasteiger partial charge in [-0.05, 0) is 37.8 Å². The van der Waals surface area contributed by atoms with Crippen molar-refractivity contribution in [3.05, 3.63) is 59.8 Å². The number of unbranched alkanes of at least 4 members (excludes halogenated alkanes) is 1. The minimum atomic E-state index is -0.172. The summed E-state index contributed by atoms with van der Waals surface area (Å²) < 4.78 is 5.70. The number of aryl methyl sites for hydroxylation is 1. The molecule has 0 radical (unpaired) electrons. The number of pyridine rings is 1. The third kappa shape index (κ3) is 7.13. The van der Waals surface area contributed by atoms with E-state index in [9.17, 15) is 4.79 Å². The van der Waals surface area contributed by atoms with E-state index in [-0.39, 0.29) is 12.1 Å². The Bertz CT molecular complexity index is 661. The van der Waals surface area contributed by atoms with Crippen LogP contribution in [0.1, 0.15) is 44.2 Å². The maximum atomic E-state index is 12.1. The molecule has 1 aromatic heterocycles. The predicted octanol–water partition coefficient (Wildman–Crippen LogP) is 4.08. The van der Waals surface area contributed by atoms with Gasteiger partial charge in [0.2, 0.25) is 5.88 Å². The highest BCUT2D eigenvalue weighted by Crippen LogP contribution is 2.14. The molecule has 140 valence electrons. The Morgan fingerprint density at radius 2 is 2.00 bits per heavy atom. The topological polar surface area (TPSA) is 63.2 Å². The van der Waals surface area contributed by atoms with Gasteiger partial charge in [0.05, 0.1) is 6.61 Å². The number of ether oxygens (including phenoxy) is 1. The summed E-state index contributed by atoms with van der Waals surface area (Å²) in [4.78, 5) is 16.4. The summed E-state index contributed by atoms with van der Waals surface area (Å²) in [6.45, 7) is 5.18. The molecular weight excluding hydrogens is 326 g/mol. The average molecular weight is 355 g/mol. The Labute approximate surface area is 156 Å². The molecule has 2 N–H and O–H groups in total. The fourth-order valence-electron chi connectivity index (χ4n) is 2.55. The Balaban J connectivity index is 1.74. The number of amides is 2. The van der Waals surface area contributed by atoms with Gasteiger partial charge in [0.25, 0.3) is 0 Å². The van der Waals surface area contributed by atoms with Crippen molar-refractivity contribution in [1.29, 1.82) is 0 Å². The zero-order valence-electron chi connectivity index (χ0n) is 15.7. The first-order valence-corrected chi connectivity index (χ1v) is 9.34. The zero-order valence-corrected chi connectivity index (χ0v) is 15.7. The molecule has 0 saturated carbocycles. The quantitative estimate of drug-likeness (QED) is 0.631. The number of rotatable bonds is 10. The van der Waals surface area contributed by atoms with Crippen LogP contribution in [0.25, 0.3) is 0 Å². The average Bonchev–Trinajstić information content (AvgIpc) is 2.66. The molecule has 0 fully saturated rings. The lowest BCUT2D eigenvalue weighted by Gasteiger charge is -2.15. The summed E-state index contributed by atoms with van der Waals surface area (Å²) in [5.74, 6) is 0.596. The van der Waals surface area contributed by atoms with Crippen LogP contribution < -0.4 is 15.4 Å². The van der Waals surface area contributed by atoms with E-state index in [0.29, 0.717) is 19.0 Å². The highest BCUT2D eigenvalue weighted by Gasteiger charge is 2.09. The lowest BCUT2D eigenvalue weighted by molar-refractivity contribution is 0.236. The summed E-state index contributed by atoms with van der Waals surface area (Å²) in [6, 6.07) is 14.0. The van der Waals surface area contributed by atoms with E-state index in [4.69, 9.17) is 4.74 Å². The second kappa shape index (κ2) is 11.1. The number of nitrogens with one attached hydrogen (secondary N) is 2. The molecule has 0 bridgehead atoms. The molecular formula is C21H29N3O2. The van der Waals surface area contributed by atoms with Crippen molar-refractivity contribution in [1.82, 2.24) is 15.6 Å². The summed E-state index contributed by atoms with van der Waals surface area (Å²) in [6.07, 6.45) is 5.61. The Hall–Kier alpha value is -2.56. The van der Waals surface area contributed by atoms with E-state index in [1.807, 2.05) is 37.3 Å². The summed E-state index contributed by atoms with van der Waals surface area (Å²) in [7, 11) is 0. The molecule has 2 rings (SSSR count). The lowest BCUT2D eigenvalue weighted by atomic mass is 10.1. The van der Waals surface area contributed by atoms with E-state index < -0.39 is 0 Å². The van der Waals surface area contributed by atoms with Crippen molar-refractivity contribution in [3.63, 3.8) is 0 Å². The van der Waals surface area contributed by atoms with Gasteiger partial charge in [-0.2, -0.15) is 0 Å². The monoisotopic (exact) mass is 355 g/mol. The first-order valence-electron chi connectivity index (χ1n) is 9.34. The molecule has 2 amide bonds. The first-order chi connectivity index (χ1) is 12.7. The van der Waals surface area contributed by atoms with Crippen LogP contribution in [0.2, 0.25) is 0 Å². The fraction of sp³-hybridized carbons (Fsp3) is 0.429. The van der Waals surface area contributed by atoms with Crippen LogP contribution in [-0.4, -0.2) is 23.7 Å². The third-order valence-electron chi connectivity index (χ3n) is 4.11. The standard InChI is InChI=1S/C21H29N3O2/c1-3-4-15-26-20-19(11-8-14-22-20)16-23-21(25)24-17(2)12-13-18-9-6-5-7-10-18/h5-11,14,17H,3-4,12-13,15-16H2,1-2H3,(H2,23,24,25). The summed E-state index contributed by atoms with van der Waals surface area (Å²) >= 11 is 0. The van der Waals surface area contributed by atoms with Gasteiger partial charge in [-0.15, -0.1) is 0 Å². The molecule has 2 aromatic rings. The molecule has 1 heterocycles. The maximum absolute atomic E-state index is 12.1. The number of carbonyl (C=O) groups excluding carboxylic acids is 1. The normalized spacial score (nSPS) is 11.6. The molecule has 0 spiro atoms. The van der Waals surface area contributed by atoms with Crippen LogP contribution in [0.4, 0.5) is 4.79 Å². The second-order valence-electron chi connectivity index (χ2n) is 6.42. The molecule has 0 aliphatic carbocycles. The number of carbonyl (C=O) groups is 1. The van der Waals surface area contributed by atoms with Crippen LogP contribution in [-0.2, 0) is 13.0 Å². The van der Waals surface area contributed by atoms with E-state index in [1.54, 1.807) is 6.20 Å². The van der Waals surface area contributed by atoms with E-state index in [2.05, 4.69) is 34.7 Å². The highest BCUT2D eigenvalue weighted by molar-refractivity contribution is 5.74. The van der Waals surface area contributed by atoms with E-state index in [0.717, 1.165) is 31.2 Å². The molecule has 1 unspecified atom stereocenters. The number of aromatic nitrogens is 1. The van der Waals surface area contributed by atoms with Gasteiger partial charge in [0, 0.05) is 24.3 Å². The molecule has 1 aromatic carbocycles. The van der Waals surface area contributed by atoms with Gasteiger partial charge in [0.15, 0.2) is 0 Å². The van der Waals surface area contributed by atoms with Crippen LogP contribution in [0.15, 0.2) is 48.7 Å². The fourth-order valence-corrected chi connectivity index (χ4v) is 2.55.